The molecule has 13 atom stereocenters. The van der Waals surface area contributed by atoms with E-state index < -0.39 is 18.0 Å². The molecule has 5 saturated carbocycles. The van der Waals surface area contributed by atoms with Crippen molar-refractivity contribution in [3.05, 3.63) is 0 Å². The molecule has 6 fully saturated rings. The number of hydrogen-bond donors (Lipinski definition) is 3. The van der Waals surface area contributed by atoms with Gasteiger partial charge in [-0.25, -0.2) is 0 Å². The molecule has 0 aromatic carbocycles. The van der Waals surface area contributed by atoms with Crippen molar-refractivity contribution in [2.24, 2.45) is 50.7 Å². The number of carbonyl (C=O) groups is 1. The summed E-state index contributed by atoms with van der Waals surface area (Å²) in [5.41, 5.74) is -0.474. The van der Waals surface area contributed by atoms with E-state index in [1.807, 2.05) is 13.8 Å². The van der Waals surface area contributed by atoms with Crippen molar-refractivity contribution >= 4 is 6.29 Å². The van der Waals surface area contributed by atoms with Crippen molar-refractivity contribution in [1.29, 1.82) is 0 Å². The highest BCUT2D eigenvalue weighted by Crippen LogP contribution is 2.89. The third-order valence-electron chi connectivity index (χ3n) is 14.4. The van der Waals surface area contributed by atoms with Gasteiger partial charge in [-0.3, -0.25) is 0 Å². The van der Waals surface area contributed by atoms with Gasteiger partial charge in [-0.1, -0.05) is 34.6 Å². The Morgan fingerprint density at radius 3 is 2.39 bits per heavy atom. The van der Waals surface area contributed by atoms with Gasteiger partial charge in [-0.2, -0.15) is 0 Å². The van der Waals surface area contributed by atoms with Crippen LogP contribution in [0.5, 0.6) is 0 Å². The SMILES string of the molecule is C[C@@H]1C[C@H](CC(C)(C)O)O[C@H]2C1[C@@]1(C)CC[C@@]34C[C@@]35CC[C@H](O[C@@H](CO)OCC=O)C(C)(C)[C@@H]5CC[C@H]4[C@]1(C)[C@H]2O. The van der Waals surface area contributed by atoms with Crippen LogP contribution >= 0.6 is 0 Å². The molecule has 234 valence electrons. The van der Waals surface area contributed by atoms with Gasteiger partial charge in [0.2, 0.25) is 0 Å². The Labute approximate surface area is 247 Å². The van der Waals surface area contributed by atoms with Gasteiger partial charge in [-0.05, 0) is 111 Å². The van der Waals surface area contributed by atoms with Gasteiger partial charge >= 0.3 is 0 Å². The monoisotopic (exact) mass is 576 g/mol. The van der Waals surface area contributed by atoms with Crippen molar-refractivity contribution in [3.8, 4) is 0 Å². The summed E-state index contributed by atoms with van der Waals surface area (Å²) in [5.74, 6) is 1.79. The minimum Gasteiger partial charge on any atom is -0.391 e. The summed E-state index contributed by atoms with van der Waals surface area (Å²) in [6, 6.07) is 0. The summed E-state index contributed by atoms with van der Waals surface area (Å²) in [7, 11) is 0. The first-order valence-electron chi connectivity index (χ1n) is 16.5. The largest absolute Gasteiger partial charge is 0.391 e. The lowest BCUT2D eigenvalue weighted by molar-refractivity contribution is -0.240. The van der Waals surface area contributed by atoms with Crippen molar-refractivity contribution < 1.29 is 34.3 Å². The maximum absolute atomic E-state index is 12.3. The second kappa shape index (κ2) is 9.71. The molecule has 41 heavy (non-hydrogen) atoms. The zero-order chi connectivity index (χ0) is 29.8. The Morgan fingerprint density at radius 1 is 1.05 bits per heavy atom. The van der Waals surface area contributed by atoms with Gasteiger partial charge in [0.15, 0.2) is 6.29 Å². The molecule has 1 aliphatic heterocycles. The van der Waals surface area contributed by atoms with E-state index in [-0.39, 0.29) is 58.6 Å². The summed E-state index contributed by atoms with van der Waals surface area (Å²) >= 11 is 0. The van der Waals surface area contributed by atoms with Gasteiger partial charge in [0.25, 0.3) is 0 Å². The molecule has 7 nitrogen and oxygen atoms in total. The highest BCUT2D eigenvalue weighted by Gasteiger charge is 2.84. The summed E-state index contributed by atoms with van der Waals surface area (Å²) in [6.45, 7) is 15.3. The Kier molecular flexibility index (Phi) is 7.22. The van der Waals surface area contributed by atoms with Crippen LogP contribution in [0.3, 0.4) is 0 Å². The van der Waals surface area contributed by atoms with Crippen molar-refractivity contribution in [2.45, 2.75) is 143 Å². The van der Waals surface area contributed by atoms with Crippen molar-refractivity contribution in [3.63, 3.8) is 0 Å². The molecule has 2 spiro atoms. The smallest absolute Gasteiger partial charge is 0.181 e. The number of aliphatic hydroxyl groups excluding tert-OH is 2. The highest BCUT2D eigenvalue weighted by molar-refractivity contribution is 5.50. The predicted octanol–water partition coefficient (Wildman–Crippen LogP) is 4.88. The molecule has 5 aliphatic carbocycles. The molecular weight excluding hydrogens is 520 g/mol. The van der Waals surface area contributed by atoms with E-state index in [1.54, 1.807) is 0 Å². The second-order valence-electron chi connectivity index (χ2n) is 16.9. The van der Waals surface area contributed by atoms with Gasteiger partial charge in [0, 0.05) is 11.8 Å². The third kappa shape index (κ3) is 4.08. The molecule has 0 radical (unpaired) electrons. The number of fused-ring (bicyclic) bond motifs is 4. The van der Waals surface area contributed by atoms with E-state index in [0.29, 0.717) is 36.4 Å². The van der Waals surface area contributed by atoms with Crippen molar-refractivity contribution in [1.82, 2.24) is 0 Å². The minimum atomic E-state index is -0.780. The van der Waals surface area contributed by atoms with Gasteiger partial charge in [0.05, 0.1) is 36.6 Å². The first-order chi connectivity index (χ1) is 19.1. The lowest BCUT2D eigenvalue weighted by Crippen LogP contribution is -2.60. The van der Waals surface area contributed by atoms with Crippen LogP contribution in [0.15, 0.2) is 0 Å². The van der Waals surface area contributed by atoms with Crippen molar-refractivity contribution in [2.75, 3.05) is 13.2 Å². The van der Waals surface area contributed by atoms with E-state index in [4.69, 9.17) is 14.2 Å². The van der Waals surface area contributed by atoms with Crippen LogP contribution in [0.2, 0.25) is 0 Å². The fraction of sp³-hybridized carbons (Fsp3) is 0.971. The van der Waals surface area contributed by atoms with Crippen LogP contribution < -0.4 is 0 Å². The Morgan fingerprint density at radius 2 is 1.73 bits per heavy atom. The lowest BCUT2D eigenvalue weighted by Gasteiger charge is -2.63. The number of rotatable bonds is 8. The van der Waals surface area contributed by atoms with Crippen LogP contribution in [0, 0.1) is 50.7 Å². The average molecular weight is 577 g/mol. The maximum Gasteiger partial charge on any atom is 0.181 e. The standard InChI is InChI=1S/C34H56O7/c1-20-16-21(17-29(2,3)38)40-27-26(20)31(6)12-13-34-19-33(34)11-10-24(41-25(18-36)39-15-14-35)30(4,5)22(33)8-9-23(34)32(31,7)28(27)37/h14,20-28,36-38H,8-13,15-19H2,1-7H3/t20-,21-,22+,23+,24+,25+,26?,27+,28+,31-,32-,33-,34+/m1/s1. The molecule has 1 saturated heterocycles. The summed E-state index contributed by atoms with van der Waals surface area (Å²) in [5, 5.41) is 32.7. The maximum atomic E-state index is 12.3. The quantitative estimate of drug-likeness (QED) is 0.279. The molecule has 6 aliphatic rings. The molecule has 0 bridgehead atoms. The van der Waals surface area contributed by atoms with Gasteiger partial charge in [-0.15, -0.1) is 0 Å². The minimum absolute atomic E-state index is 0.0143. The van der Waals surface area contributed by atoms with Crippen LogP contribution in [-0.4, -0.2) is 71.1 Å². The number of aliphatic hydroxyl groups is 3. The highest BCUT2D eigenvalue weighted by atomic mass is 16.7. The van der Waals surface area contributed by atoms with Crippen LogP contribution in [0.25, 0.3) is 0 Å². The summed E-state index contributed by atoms with van der Waals surface area (Å²) < 4.78 is 18.6. The molecule has 0 aromatic rings. The zero-order valence-electron chi connectivity index (χ0n) is 26.5. The van der Waals surface area contributed by atoms with Crippen LogP contribution in [0.1, 0.15) is 106 Å². The fourth-order valence-electron chi connectivity index (χ4n) is 12.8. The van der Waals surface area contributed by atoms with Gasteiger partial charge in [0.1, 0.15) is 12.9 Å². The predicted molar refractivity (Wildman–Crippen MR) is 155 cm³/mol. The third-order valence-corrected chi connectivity index (χ3v) is 14.4. The Hall–Kier alpha value is -0.570. The molecular formula is C34H56O7. The second-order valence-corrected chi connectivity index (χ2v) is 16.9. The molecule has 0 amide bonds. The normalized spacial score (nSPS) is 52.3. The van der Waals surface area contributed by atoms with E-state index in [2.05, 4.69) is 34.6 Å². The van der Waals surface area contributed by atoms with Crippen LogP contribution in [-0.2, 0) is 19.0 Å². The average Bonchev–Trinajstić information content (AvgIpc) is 3.51. The molecule has 1 heterocycles. The van der Waals surface area contributed by atoms with E-state index in [9.17, 15) is 20.1 Å². The van der Waals surface area contributed by atoms with E-state index >= 15 is 0 Å². The number of aldehydes is 1. The fourth-order valence-corrected chi connectivity index (χ4v) is 12.8. The van der Waals surface area contributed by atoms with E-state index in [0.717, 1.165) is 38.5 Å². The Bertz CT molecular complexity index is 1020. The summed E-state index contributed by atoms with van der Waals surface area (Å²) in [6.07, 6.45) is 8.72. The van der Waals surface area contributed by atoms with Crippen LogP contribution in [0.4, 0.5) is 0 Å². The Balaban J connectivity index is 1.26. The first kappa shape index (κ1) is 30.5. The zero-order valence-corrected chi connectivity index (χ0v) is 26.5. The topological polar surface area (TPSA) is 105 Å². The molecule has 0 aromatic heterocycles. The lowest BCUT2D eigenvalue weighted by atomic mass is 9.41. The van der Waals surface area contributed by atoms with E-state index in [1.165, 1.54) is 12.8 Å². The summed E-state index contributed by atoms with van der Waals surface area (Å²) in [4.78, 5) is 10.8. The first-order valence-corrected chi connectivity index (χ1v) is 16.5. The van der Waals surface area contributed by atoms with Gasteiger partial charge < -0.3 is 34.3 Å². The number of hydrogen-bond acceptors (Lipinski definition) is 7. The molecule has 1 unspecified atom stereocenters. The molecule has 6 rings (SSSR count). The molecule has 7 heteroatoms. The number of carbonyl (C=O) groups excluding carboxylic acids is 1. The molecule has 3 N–H and O–H groups in total. The number of ether oxygens (including phenoxy) is 3.